The van der Waals surface area contributed by atoms with E-state index in [1.165, 1.54) is 18.9 Å². The first-order valence-corrected chi connectivity index (χ1v) is 12.1. The Morgan fingerprint density at radius 3 is 2.46 bits per heavy atom. The largest absolute Gasteiger partial charge is 0.497 e. The molecule has 1 N–H and O–H groups in total. The van der Waals surface area contributed by atoms with E-state index in [0.717, 1.165) is 11.3 Å². The van der Waals surface area contributed by atoms with Gasteiger partial charge in [0.05, 0.1) is 32.1 Å². The monoisotopic (exact) mass is 509 g/mol. The summed E-state index contributed by atoms with van der Waals surface area (Å²) >= 11 is 7.27. The number of thioether (sulfide) groups is 1. The lowest BCUT2D eigenvalue weighted by Crippen LogP contribution is -2.44. The van der Waals surface area contributed by atoms with Gasteiger partial charge in [-0.15, -0.1) is 0 Å². The number of amidine groups is 1. The van der Waals surface area contributed by atoms with Crippen molar-refractivity contribution >= 4 is 51.7 Å². The highest BCUT2D eigenvalue weighted by Gasteiger charge is 2.36. The molecule has 9 heteroatoms. The van der Waals surface area contributed by atoms with Gasteiger partial charge in [0.2, 0.25) is 11.8 Å². The number of amides is 2. The molecule has 1 aliphatic heterocycles. The molecule has 0 saturated carbocycles. The smallest absolute Gasteiger partial charge is 0.238 e. The van der Waals surface area contributed by atoms with Gasteiger partial charge < -0.3 is 14.8 Å². The van der Waals surface area contributed by atoms with E-state index in [4.69, 9.17) is 26.1 Å². The molecule has 4 rings (SSSR count). The van der Waals surface area contributed by atoms with Gasteiger partial charge in [-0.3, -0.25) is 14.5 Å². The molecule has 3 aromatic rings. The van der Waals surface area contributed by atoms with Crippen LogP contribution in [0, 0.1) is 0 Å². The van der Waals surface area contributed by atoms with Gasteiger partial charge in [0.1, 0.15) is 16.7 Å². The maximum Gasteiger partial charge on any atom is 0.238 e. The highest BCUT2D eigenvalue weighted by Crippen LogP contribution is 2.32. The van der Waals surface area contributed by atoms with E-state index in [9.17, 15) is 9.59 Å². The molecule has 1 atom stereocenters. The van der Waals surface area contributed by atoms with E-state index >= 15 is 0 Å². The summed E-state index contributed by atoms with van der Waals surface area (Å²) in [5.74, 6) is 0.800. The number of rotatable bonds is 7. The zero-order chi connectivity index (χ0) is 24.8. The van der Waals surface area contributed by atoms with Gasteiger partial charge in [-0.25, -0.2) is 4.99 Å². The van der Waals surface area contributed by atoms with Crippen LogP contribution in [0.2, 0.25) is 5.02 Å². The van der Waals surface area contributed by atoms with Crippen molar-refractivity contribution in [1.29, 1.82) is 0 Å². The van der Waals surface area contributed by atoms with Gasteiger partial charge in [0, 0.05) is 11.4 Å². The number of ether oxygens (including phenoxy) is 2. The van der Waals surface area contributed by atoms with Crippen molar-refractivity contribution in [1.82, 2.24) is 4.90 Å². The van der Waals surface area contributed by atoms with E-state index < -0.39 is 5.25 Å². The van der Waals surface area contributed by atoms with Crippen molar-refractivity contribution in [3.8, 4) is 11.5 Å². The quantitative estimate of drug-likeness (QED) is 0.453. The first-order valence-electron chi connectivity index (χ1n) is 10.8. The molecule has 0 spiro atoms. The van der Waals surface area contributed by atoms with Crippen LogP contribution in [0.5, 0.6) is 11.5 Å². The number of halogens is 1. The summed E-state index contributed by atoms with van der Waals surface area (Å²) < 4.78 is 10.5. The molecule has 1 saturated heterocycles. The summed E-state index contributed by atoms with van der Waals surface area (Å²) in [6, 6.07) is 21.6. The third kappa shape index (κ3) is 6.15. The van der Waals surface area contributed by atoms with Crippen molar-refractivity contribution in [3.05, 3.63) is 83.4 Å². The highest BCUT2D eigenvalue weighted by molar-refractivity contribution is 8.15. The average molecular weight is 510 g/mol. The Kier molecular flexibility index (Phi) is 7.94. The Labute approximate surface area is 213 Å². The molecule has 0 aliphatic carbocycles. The minimum atomic E-state index is -0.648. The number of nitrogens with zero attached hydrogens (tertiary/aromatic N) is 2. The van der Waals surface area contributed by atoms with Crippen molar-refractivity contribution in [2.45, 2.75) is 18.2 Å². The fourth-order valence-corrected chi connectivity index (χ4v) is 4.72. The fourth-order valence-electron chi connectivity index (χ4n) is 3.50. The molecule has 0 bridgehead atoms. The first kappa shape index (κ1) is 24.6. The lowest BCUT2D eigenvalue weighted by atomic mass is 10.2. The van der Waals surface area contributed by atoms with Crippen molar-refractivity contribution < 1.29 is 19.1 Å². The molecule has 0 aromatic heterocycles. The third-order valence-corrected chi connectivity index (χ3v) is 6.79. The summed E-state index contributed by atoms with van der Waals surface area (Å²) in [5, 5.41) is 3.26. The molecule has 180 valence electrons. The zero-order valence-electron chi connectivity index (χ0n) is 19.2. The van der Waals surface area contributed by atoms with Crippen LogP contribution in [0.1, 0.15) is 12.0 Å². The van der Waals surface area contributed by atoms with Crippen molar-refractivity contribution in [3.63, 3.8) is 0 Å². The van der Waals surface area contributed by atoms with Crippen LogP contribution < -0.4 is 14.8 Å². The molecule has 0 radical (unpaired) electrons. The molecule has 35 heavy (non-hydrogen) atoms. The summed E-state index contributed by atoms with van der Waals surface area (Å²) in [4.78, 5) is 32.7. The maximum atomic E-state index is 13.2. The second kappa shape index (κ2) is 11.3. The second-order valence-electron chi connectivity index (χ2n) is 7.70. The Morgan fingerprint density at radius 2 is 1.77 bits per heavy atom. The third-order valence-electron chi connectivity index (χ3n) is 5.35. The number of benzene rings is 3. The average Bonchev–Trinajstić information content (AvgIpc) is 2.88. The Hall–Kier alpha value is -3.49. The highest BCUT2D eigenvalue weighted by atomic mass is 35.5. The number of hydrogen-bond acceptors (Lipinski definition) is 6. The predicted molar refractivity (Wildman–Crippen MR) is 140 cm³/mol. The lowest BCUT2D eigenvalue weighted by molar-refractivity contribution is -0.129. The van der Waals surface area contributed by atoms with Crippen molar-refractivity contribution in [2.24, 2.45) is 4.99 Å². The van der Waals surface area contributed by atoms with Crippen LogP contribution in [0.4, 0.5) is 11.4 Å². The molecular weight excluding hydrogens is 486 g/mol. The molecule has 2 amide bonds. The van der Waals surface area contributed by atoms with E-state index in [1.807, 2.05) is 30.3 Å². The van der Waals surface area contributed by atoms with Crippen LogP contribution in [0.3, 0.4) is 0 Å². The Bertz CT molecular complexity index is 1230. The molecule has 1 aliphatic rings. The van der Waals surface area contributed by atoms with Crippen LogP contribution >= 0.6 is 23.4 Å². The Morgan fingerprint density at radius 1 is 1.06 bits per heavy atom. The number of nitrogens with one attached hydrogen (secondary N) is 1. The zero-order valence-corrected chi connectivity index (χ0v) is 20.8. The summed E-state index contributed by atoms with van der Waals surface area (Å²) in [6.07, 6.45) is 0.0431. The SMILES string of the molecule is COc1ccc(CN2C(=O)CC(C(=O)Nc3ccccc3OC)SC2=Nc2ccc(Cl)cc2)cc1. The van der Waals surface area contributed by atoms with E-state index in [-0.39, 0.29) is 18.2 Å². The van der Waals surface area contributed by atoms with Gasteiger partial charge in [-0.2, -0.15) is 0 Å². The number of anilines is 1. The summed E-state index contributed by atoms with van der Waals surface area (Å²) in [7, 11) is 3.14. The molecule has 1 unspecified atom stereocenters. The van der Waals surface area contributed by atoms with Crippen LogP contribution in [0.15, 0.2) is 77.8 Å². The predicted octanol–water partition coefficient (Wildman–Crippen LogP) is 5.52. The van der Waals surface area contributed by atoms with Crippen LogP contribution in [-0.2, 0) is 16.1 Å². The van der Waals surface area contributed by atoms with Gasteiger partial charge >= 0.3 is 0 Å². The van der Waals surface area contributed by atoms with Crippen LogP contribution in [0.25, 0.3) is 0 Å². The summed E-state index contributed by atoms with van der Waals surface area (Å²) in [6.45, 7) is 0.323. The van der Waals surface area contributed by atoms with Gasteiger partial charge in [-0.05, 0) is 54.1 Å². The van der Waals surface area contributed by atoms with Crippen molar-refractivity contribution in [2.75, 3.05) is 19.5 Å². The minimum Gasteiger partial charge on any atom is -0.497 e. The number of carbonyl (C=O) groups is 2. The van der Waals surface area contributed by atoms with E-state index in [2.05, 4.69) is 5.32 Å². The number of methoxy groups -OCH3 is 2. The summed E-state index contributed by atoms with van der Waals surface area (Å²) in [5.41, 5.74) is 2.10. The molecule has 1 heterocycles. The van der Waals surface area contributed by atoms with Gasteiger partial charge in [0.15, 0.2) is 5.17 Å². The molecular formula is C26H24ClN3O4S. The van der Waals surface area contributed by atoms with E-state index in [1.54, 1.807) is 54.5 Å². The number of hydrogen-bond donors (Lipinski definition) is 1. The first-order chi connectivity index (χ1) is 17.0. The van der Waals surface area contributed by atoms with Gasteiger partial charge in [0.25, 0.3) is 0 Å². The topological polar surface area (TPSA) is 80.2 Å². The Balaban J connectivity index is 1.59. The minimum absolute atomic E-state index is 0.0431. The number of para-hydroxylation sites is 2. The maximum absolute atomic E-state index is 13.2. The molecule has 3 aromatic carbocycles. The van der Waals surface area contributed by atoms with Gasteiger partial charge in [-0.1, -0.05) is 47.6 Å². The number of carbonyl (C=O) groups excluding carboxylic acids is 2. The normalized spacial score (nSPS) is 16.8. The molecule has 7 nitrogen and oxygen atoms in total. The second-order valence-corrected chi connectivity index (χ2v) is 9.31. The molecule has 1 fully saturated rings. The van der Waals surface area contributed by atoms with E-state index in [0.29, 0.717) is 33.9 Å². The lowest BCUT2D eigenvalue weighted by Gasteiger charge is -2.32. The number of aliphatic imine (C=N–C) groups is 1. The fraction of sp³-hybridized carbons (Fsp3) is 0.192. The van der Waals surface area contributed by atoms with Crippen LogP contribution in [-0.4, -0.2) is 41.4 Å². The standard InChI is InChI=1S/C26H24ClN3O4S/c1-33-20-13-7-17(8-14-20)16-30-24(31)15-23(25(32)29-21-5-3-4-6-22(21)34-2)35-26(30)28-19-11-9-18(27)10-12-19/h3-14,23H,15-16H2,1-2H3,(H,29,32).